The van der Waals surface area contributed by atoms with Crippen molar-refractivity contribution in [3.05, 3.63) is 75.9 Å². The van der Waals surface area contributed by atoms with Crippen LogP contribution in [-0.2, 0) is 0 Å². The molecule has 0 aliphatic heterocycles. The van der Waals surface area contributed by atoms with Gasteiger partial charge in [0.25, 0.3) is 5.69 Å². The van der Waals surface area contributed by atoms with Crippen LogP contribution >= 0.6 is 0 Å². The molecule has 0 saturated carbocycles. The zero-order chi connectivity index (χ0) is 18.8. The molecule has 0 fully saturated rings. The Labute approximate surface area is 148 Å². The lowest BCUT2D eigenvalue weighted by molar-refractivity contribution is -0.383. The van der Waals surface area contributed by atoms with E-state index in [-0.39, 0.29) is 28.4 Å². The Morgan fingerprint density at radius 1 is 1.23 bits per heavy atom. The van der Waals surface area contributed by atoms with Crippen LogP contribution in [0.25, 0.3) is 5.69 Å². The van der Waals surface area contributed by atoms with Crippen LogP contribution in [0.5, 0.6) is 0 Å². The third-order valence-electron chi connectivity index (χ3n) is 3.96. The molecular formula is C18H15FN4O3. The Bertz CT molecular complexity index is 1010. The highest BCUT2D eigenvalue weighted by Gasteiger charge is 2.18. The van der Waals surface area contributed by atoms with Crippen molar-refractivity contribution in [2.45, 2.75) is 13.8 Å². The van der Waals surface area contributed by atoms with Gasteiger partial charge in [-0.25, -0.2) is 9.07 Å². The summed E-state index contributed by atoms with van der Waals surface area (Å²) < 4.78 is 15.4. The van der Waals surface area contributed by atoms with Gasteiger partial charge in [-0.15, -0.1) is 0 Å². The fourth-order valence-corrected chi connectivity index (χ4v) is 2.55. The molecule has 0 aliphatic rings. The third-order valence-corrected chi connectivity index (χ3v) is 3.96. The molecule has 1 aromatic heterocycles. The van der Waals surface area contributed by atoms with Gasteiger partial charge in [0.2, 0.25) is 0 Å². The first-order valence-corrected chi connectivity index (χ1v) is 7.74. The molecule has 0 atom stereocenters. The largest absolute Gasteiger partial charge is 0.347 e. The first-order chi connectivity index (χ1) is 12.4. The summed E-state index contributed by atoms with van der Waals surface area (Å²) in [4.78, 5) is 22.2. The maximum Gasteiger partial charge on any atom is 0.293 e. The number of Topliss-reactive ketones (excluding diaryl/α,β-unsaturated/α-hetero) is 1. The smallest absolute Gasteiger partial charge is 0.293 e. The fraction of sp³-hybridized carbons (Fsp3) is 0.111. The van der Waals surface area contributed by atoms with Crippen LogP contribution in [0.4, 0.5) is 21.5 Å². The quantitative estimate of drug-likeness (QED) is 0.422. The number of nitrogens with zero attached hydrogens (tertiary/aromatic N) is 3. The lowest BCUT2D eigenvalue weighted by Crippen LogP contribution is -2.03. The highest BCUT2D eigenvalue weighted by atomic mass is 19.1. The molecule has 1 N–H and O–H groups in total. The topological polar surface area (TPSA) is 90.1 Å². The molecule has 132 valence electrons. The van der Waals surface area contributed by atoms with Crippen molar-refractivity contribution in [3.8, 4) is 5.69 Å². The van der Waals surface area contributed by atoms with Crippen LogP contribution in [0.1, 0.15) is 23.0 Å². The Balaban J connectivity index is 1.99. The molecule has 0 unspecified atom stereocenters. The van der Waals surface area contributed by atoms with Gasteiger partial charge in [-0.2, -0.15) is 5.10 Å². The van der Waals surface area contributed by atoms with Crippen molar-refractivity contribution < 1.29 is 14.1 Å². The second kappa shape index (κ2) is 6.75. The summed E-state index contributed by atoms with van der Waals surface area (Å²) in [6.07, 6.45) is 1.46. The number of ketones is 1. The number of halogens is 1. The normalized spacial score (nSPS) is 10.6. The molecule has 0 amide bonds. The number of hydrogen-bond donors (Lipinski definition) is 1. The van der Waals surface area contributed by atoms with Gasteiger partial charge in [0.15, 0.2) is 5.78 Å². The number of hydrogen-bond acceptors (Lipinski definition) is 5. The van der Waals surface area contributed by atoms with Crippen molar-refractivity contribution in [2.75, 3.05) is 5.32 Å². The number of aromatic nitrogens is 2. The summed E-state index contributed by atoms with van der Waals surface area (Å²) in [7, 11) is 0. The molecule has 1 heterocycles. The van der Waals surface area contributed by atoms with E-state index in [2.05, 4.69) is 10.4 Å². The molecule has 26 heavy (non-hydrogen) atoms. The average Bonchev–Trinajstić information content (AvgIpc) is 2.96. The first-order valence-electron chi connectivity index (χ1n) is 7.74. The lowest BCUT2D eigenvalue weighted by Gasteiger charge is -2.09. The summed E-state index contributed by atoms with van der Waals surface area (Å²) >= 11 is 0. The van der Waals surface area contributed by atoms with Crippen LogP contribution in [0.2, 0.25) is 0 Å². The zero-order valence-corrected chi connectivity index (χ0v) is 14.1. The van der Waals surface area contributed by atoms with E-state index >= 15 is 0 Å². The summed E-state index contributed by atoms with van der Waals surface area (Å²) in [6, 6.07) is 10.4. The van der Waals surface area contributed by atoms with Crippen LogP contribution in [0.3, 0.4) is 0 Å². The van der Waals surface area contributed by atoms with E-state index in [1.54, 1.807) is 25.1 Å². The van der Waals surface area contributed by atoms with Gasteiger partial charge < -0.3 is 5.32 Å². The summed E-state index contributed by atoms with van der Waals surface area (Å²) in [5.74, 6) is -0.690. The van der Waals surface area contributed by atoms with Gasteiger partial charge in [0, 0.05) is 11.6 Å². The minimum atomic E-state index is -0.564. The van der Waals surface area contributed by atoms with E-state index in [0.29, 0.717) is 11.4 Å². The van der Waals surface area contributed by atoms with E-state index in [1.165, 1.54) is 42.1 Å². The Hall–Kier alpha value is -3.55. The molecule has 3 aromatic rings. The third kappa shape index (κ3) is 3.16. The molecular weight excluding hydrogens is 339 g/mol. The number of nitro groups is 1. The number of carbonyl (C=O) groups excluding carboxylic acids is 1. The van der Waals surface area contributed by atoms with E-state index in [9.17, 15) is 19.3 Å². The van der Waals surface area contributed by atoms with Crippen LogP contribution < -0.4 is 5.32 Å². The van der Waals surface area contributed by atoms with Gasteiger partial charge in [0.05, 0.1) is 22.5 Å². The van der Waals surface area contributed by atoms with Crippen molar-refractivity contribution in [1.29, 1.82) is 0 Å². The Kier molecular flexibility index (Phi) is 4.49. The summed E-state index contributed by atoms with van der Waals surface area (Å²) in [5, 5.41) is 18.4. The van der Waals surface area contributed by atoms with E-state index in [0.717, 1.165) is 0 Å². The van der Waals surface area contributed by atoms with Crippen molar-refractivity contribution in [1.82, 2.24) is 9.78 Å². The van der Waals surface area contributed by atoms with Crippen LogP contribution in [0, 0.1) is 22.9 Å². The molecule has 0 radical (unpaired) electrons. The standard InChI is InChI=1S/C18H15FN4O3/c1-11-16(10-20-22(11)17-6-4-3-5-14(17)19)21-15-8-7-13(12(2)24)9-18(15)23(25)26/h3-10,21H,1-2H3. The summed E-state index contributed by atoms with van der Waals surface area (Å²) in [5.41, 5.74) is 1.60. The van der Waals surface area contributed by atoms with Crippen molar-refractivity contribution in [2.24, 2.45) is 0 Å². The fourth-order valence-electron chi connectivity index (χ4n) is 2.55. The van der Waals surface area contributed by atoms with E-state index in [1.807, 2.05) is 0 Å². The average molecular weight is 354 g/mol. The number of rotatable bonds is 5. The van der Waals surface area contributed by atoms with Gasteiger partial charge >= 0.3 is 0 Å². The molecule has 0 saturated heterocycles. The highest BCUT2D eigenvalue weighted by Crippen LogP contribution is 2.31. The zero-order valence-electron chi connectivity index (χ0n) is 14.1. The van der Waals surface area contributed by atoms with Crippen molar-refractivity contribution >= 4 is 22.8 Å². The Morgan fingerprint density at radius 2 is 1.96 bits per heavy atom. The van der Waals surface area contributed by atoms with Gasteiger partial charge in [-0.1, -0.05) is 12.1 Å². The first kappa shape index (κ1) is 17.3. The van der Waals surface area contributed by atoms with Gasteiger partial charge in [0.1, 0.15) is 17.2 Å². The molecule has 8 heteroatoms. The minimum Gasteiger partial charge on any atom is -0.347 e. The van der Waals surface area contributed by atoms with Crippen LogP contribution in [-0.4, -0.2) is 20.5 Å². The number of carbonyl (C=O) groups is 1. The monoisotopic (exact) mass is 354 g/mol. The highest BCUT2D eigenvalue weighted by molar-refractivity contribution is 5.95. The molecule has 7 nitrogen and oxygen atoms in total. The summed E-state index contributed by atoms with van der Waals surface area (Å²) in [6.45, 7) is 3.06. The van der Waals surface area contributed by atoms with E-state index < -0.39 is 10.7 Å². The number of nitrogens with one attached hydrogen (secondary N) is 1. The maximum absolute atomic E-state index is 14.0. The van der Waals surface area contributed by atoms with Gasteiger partial charge in [-0.05, 0) is 38.1 Å². The predicted octanol–water partition coefficient (Wildman–Crippen LogP) is 4.17. The maximum atomic E-state index is 14.0. The minimum absolute atomic E-state index is 0.219. The van der Waals surface area contributed by atoms with E-state index in [4.69, 9.17) is 0 Å². The molecule has 2 aromatic carbocycles. The predicted molar refractivity (Wildman–Crippen MR) is 94.6 cm³/mol. The van der Waals surface area contributed by atoms with Crippen molar-refractivity contribution in [3.63, 3.8) is 0 Å². The number of anilines is 2. The second-order valence-electron chi connectivity index (χ2n) is 5.68. The van der Waals surface area contributed by atoms with Gasteiger partial charge in [-0.3, -0.25) is 14.9 Å². The van der Waals surface area contributed by atoms with Crippen LogP contribution in [0.15, 0.2) is 48.7 Å². The molecule has 3 rings (SSSR count). The SMILES string of the molecule is CC(=O)c1ccc(Nc2cnn(-c3ccccc3F)c2C)c([N+](=O)[O-])c1. The Morgan fingerprint density at radius 3 is 2.62 bits per heavy atom. The number of nitro benzene ring substituents is 1. The number of benzene rings is 2. The lowest BCUT2D eigenvalue weighted by atomic mass is 10.1. The number of para-hydroxylation sites is 1. The second-order valence-corrected chi connectivity index (χ2v) is 5.68. The molecule has 0 aliphatic carbocycles. The molecule has 0 bridgehead atoms. The molecule has 0 spiro atoms.